The van der Waals surface area contributed by atoms with Crippen molar-refractivity contribution in [1.82, 2.24) is 9.55 Å². The van der Waals surface area contributed by atoms with Gasteiger partial charge in [0.05, 0.1) is 11.7 Å². The predicted octanol–water partition coefficient (Wildman–Crippen LogP) is 4.20. The van der Waals surface area contributed by atoms with Crippen molar-refractivity contribution >= 4 is 0 Å². The fraction of sp³-hybridized carbons (Fsp3) is 0.526. The van der Waals surface area contributed by atoms with E-state index in [1.54, 1.807) is 0 Å². The third-order valence-corrected chi connectivity index (χ3v) is 4.76. The number of nitrogens with zero attached hydrogens (tertiary/aromatic N) is 2. The number of nitrogens with two attached hydrogens (primary N) is 1. The molecule has 0 saturated carbocycles. The smallest absolute Gasteiger partial charge is 0.126 e. The van der Waals surface area contributed by atoms with Crippen molar-refractivity contribution in [3.8, 4) is 11.3 Å². The van der Waals surface area contributed by atoms with Crippen LogP contribution in [0.3, 0.4) is 0 Å². The summed E-state index contributed by atoms with van der Waals surface area (Å²) in [6.45, 7) is 12.2. The van der Waals surface area contributed by atoms with E-state index in [0.717, 1.165) is 24.5 Å². The lowest BCUT2D eigenvalue weighted by Gasteiger charge is -2.26. The van der Waals surface area contributed by atoms with E-state index < -0.39 is 0 Å². The van der Waals surface area contributed by atoms with Crippen LogP contribution in [0.4, 0.5) is 0 Å². The Bertz CT molecular complexity index is 674. The number of fused-ring (bicyclic) bond motifs is 1. The van der Waals surface area contributed by atoms with Crippen LogP contribution in [-0.2, 0) is 12.0 Å². The zero-order valence-corrected chi connectivity index (χ0v) is 14.4. The molecule has 3 rings (SSSR count). The average Bonchev–Trinajstić information content (AvgIpc) is 2.76. The van der Waals surface area contributed by atoms with Crippen LogP contribution in [0, 0.1) is 12.8 Å². The second-order valence-corrected chi connectivity index (χ2v) is 7.79. The normalized spacial score (nSPS) is 21.7. The second-order valence-electron chi connectivity index (χ2n) is 7.79. The molecule has 0 bridgehead atoms. The Balaban J connectivity index is 2.01. The monoisotopic (exact) mass is 297 g/mol. The molecule has 2 unspecified atom stereocenters. The number of rotatable bonds is 1. The van der Waals surface area contributed by atoms with E-state index >= 15 is 0 Å². The van der Waals surface area contributed by atoms with Crippen molar-refractivity contribution in [1.29, 1.82) is 0 Å². The van der Waals surface area contributed by atoms with Crippen molar-refractivity contribution in [3.63, 3.8) is 0 Å². The van der Waals surface area contributed by atoms with Crippen LogP contribution in [0.2, 0.25) is 0 Å². The van der Waals surface area contributed by atoms with Crippen LogP contribution in [0.5, 0.6) is 0 Å². The number of hydrogen-bond donors (Lipinski definition) is 1. The summed E-state index contributed by atoms with van der Waals surface area (Å²) in [5.74, 6) is 1.66. The van der Waals surface area contributed by atoms with Crippen LogP contribution in [0.1, 0.15) is 57.2 Å². The van der Waals surface area contributed by atoms with E-state index in [1.165, 1.54) is 16.8 Å². The molecular weight excluding hydrogens is 270 g/mol. The molecule has 3 nitrogen and oxygen atoms in total. The maximum atomic E-state index is 6.29. The summed E-state index contributed by atoms with van der Waals surface area (Å²) in [4.78, 5) is 4.87. The lowest BCUT2D eigenvalue weighted by molar-refractivity contribution is 0.343. The van der Waals surface area contributed by atoms with Gasteiger partial charge in [0, 0.05) is 17.8 Å². The first-order valence-corrected chi connectivity index (χ1v) is 8.21. The van der Waals surface area contributed by atoms with E-state index in [2.05, 4.69) is 63.5 Å². The van der Waals surface area contributed by atoms with Gasteiger partial charge in [-0.05, 0) is 30.2 Å². The molecule has 2 heterocycles. The largest absolute Gasteiger partial charge is 0.330 e. The first-order chi connectivity index (χ1) is 10.3. The van der Waals surface area contributed by atoms with Crippen LogP contribution >= 0.6 is 0 Å². The molecule has 2 aromatic rings. The second kappa shape index (κ2) is 5.24. The first-order valence-electron chi connectivity index (χ1n) is 8.21. The third kappa shape index (κ3) is 2.58. The summed E-state index contributed by atoms with van der Waals surface area (Å²) in [6.07, 6.45) is 1.03. The molecule has 1 aromatic heterocycles. The topological polar surface area (TPSA) is 43.8 Å². The molecule has 0 fully saturated rings. The van der Waals surface area contributed by atoms with E-state index in [0.29, 0.717) is 5.92 Å². The minimum Gasteiger partial charge on any atom is -0.330 e. The summed E-state index contributed by atoms with van der Waals surface area (Å²) in [5.41, 5.74) is 11.3. The molecule has 2 atom stereocenters. The lowest BCUT2D eigenvalue weighted by atomic mass is 9.86. The number of hydrogen-bond acceptors (Lipinski definition) is 2. The van der Waals surface area contributed by atoms with Gasteiger partial charge in [-0.25, -0.2) is 4.98 Å². The minimum absolute atomic E-state index is 0.0602. The highest BCUT2D eigenvalue weighted by Gasteiger charge is 2.27. The van der Waals surface area contributed by atoms with Crippen molar-refractivity contribution in [2.24, 2.45) is 11.7 Å². The van der Waals surface area contributed by atoms with Gasteiger partial charge in [0.25, 0.3) is 0 Å². The molecular formula is C19H27N3. The number of benzene rings is 1. The van der Waals surface area contributed by atoms with Crippen molar-refractivity contribution in [2.45, 2.75) is 59.0 Å². The molecule has 118 valence electrons. The molecule has 1 aliphatic heterocycles. The molecule has 0 amide bonds. The molecule has 0 spiro atoms. The van der Waals surface area contributed by atoms with E-state index in [1.807, 2.05) is 0 Å². The number of imidazole rings is 1. The van der Waals surface area contributed by atoms with Gasteiger partial charge in [0.1, 0.15) is 5.82 Å². The van der Waals surface area contributed by atoms with Crippen LogP contribution in [0.15, 0.2) is 24.3 Å². The lowest BCUT2D eigenvalue weighted by Crippen LogP contribution is -2.27. The minimum atomic E-state index is 0.0602. The molecule has 1 aromatic carbocycles. The SMILES string of the molecule is Cc1c(-c2ccc(C(C)(C)C)cc2)nc2n1CC(C)CC2N. The number of aromatic nitrogens is 2. The van der Waals surface area contributed by atoms with Crippen LogP contribution < -0.4 is 5.73 Å². The molecule has 0 radical (unpaired) electrons. The molecule has 2 N–H and O–H groups in total. The Hall–Kier alpha value is -1.61. The standard InChI is InChI=1S/C19H27N3/c1-12-10-16(20)18-21-17(13(2)22(18)11-12)14-6-8-15(9-7-14)19(3,4)5/h6-9,12,16H,10-11,20H2,1-5H3. The van der Waals surface area contributed by atoms with E-state index in [9.17, 15) is 0 Å². The third-order valence-electron chi connectivity index (χ3n) is 4.76. The maximum absolute atomic E-state index is 6.29. The van der Waals surface area contributed by atoms with Gasteiger partial charge in [0.15, 0.2) is 0 Å². The fourth-order valence-corrected chi connectivity index (χ4v) is 3.40. The summed E-state index contributed by atoms with van der Waals surface area (Å²) in [6, 6.07) is 8.88. The van der Waals surface area contributed by atoms with Crippen molar-refractivity contribution < 1.29 is 0 Å². The van der Waals surface area contributed by atoms with Gasteiger partial charge in [-0.3, -0.25) is 0 Å². The highest BCUT2D eigenvalue weighted by molar-refractivity contribution is 5.63. The average molecular weight is 297 g/mol. The van der Waals surface area contributed by atoms with Gasteiger partial charge in [-0.2, -0.15) is 0 Å². The zero-order chi connectivity index (χ0) is 16.1. The van der Waals surface area contributed by atoms with E-state index in [-0.39, 0.29) is 11.5 Å². The first kappa shape index (κ1) is 15.3. The molecule has 22 heavy (non-hydrogen) atoms. The Morgan fingerprint density at radius 1 is 1.18 bits per heavy atom. The van der Waals surface area contributed by atoms with Crippen LogP contribution in [0.25, 0.3) is 11.3 Å². The zero-order valence-electron chi connectivity index (χ0n) is 14.4. The van der Waals surface area contributed by atoms with Crippen molar-refractivity contribution in [2.75, 3.05) is 0 Å². The van der Waals surface area contributed by atoms with Gasteiger partial charge in [0.2, 0.25) is 0 Å². The van der Waals surface area contributed by atoms with Crippen molar-refractivity contribution in [3.05, 3.63) is 41.3 Å². The molecule has 0 aliphatic carbocycles. The van der Waals surface area contributed by atoms with Gasteiger partial charge in [-0.1, -0.05) is 52.0 Å². The maximum Gasteiger partial charge on any atom is 0.126 e. The highest BCUT2D eigenvalue weighted by atomic mass is 15.1. The fourth-order valence-electron chi connectivity index (χ4n) is 3.40. The Labute approximate surface area is 133 Å². The summed E-state index contributed by atoms with van der Waals surface area (Å²) >= 11 is 0. The Morgan fingerprint density at radius 3 is 2.41 bits per heavy atom. The summed E-state index contributed by atoms with van der Waals surface area (Å²) in [5, 5.41) is 0. The van der Waals surface area contributed by atoms with Gasteiger partial charge < -0.3 is 10.3 Å². The summed E-state index contributed by atoms with van der Waals surface area (Å²) in [7, 11) is 0. The Morgan fingerprint density at radius 2 is 1.82 bits per heavy atom. The van der Waals surface area contributed by atoms with E-state index in [4.69, 9.17) is 10.7 Å². The summed E-state index contributed by atoms with van der Waals surface area (Å²) < 4.78 is 2.31. The van der Waals surface area contributed by atoms with Gasteiger partial charge in [-0.15, -0.1) is 0 Å². The molecule has 1 aliphatic rings. The quantitative estimate of drug-likeness (QED) is 0.857. The van der Waals surface area contributed by atoms with Gasteiger partial charge >= 0.3 is 0 Å². The molecule has 3 heteroatoms. The highest BCUT2D eigenvalue weighted by Crippen LogP contribution is 2.33. The Kier molecular flexibility index (Phi) is 3.64. The van der Waals surface area contributed by atoms with Crippen LogP contribution in [-0.4, -0.2) is 9.55 Å². The molecule has 0 saturated heterocycles. The predicted molar refractivity (Wildman–Crippen MR) is 91.8 cm³/mol.